The van der Waals surface area contributed by atoms with E-state index in [0.29, 0.717) is 0 Å². The van der Waals surface area contributed by atoms with Crippen molar-refractivity contribution in [2.24, 2.45) is 10.2 Å². The minimum absolute atomic E-state index is 0.117. The molecular weight excluding hydrogens is 204 g/mol. The van der Waals surface area contributed by atoms with Gasteiger partial charge in [0.05, 0.1) is 0 Å². The average Bonchev–Trinajstić information content (AvgIpc) is 2.30. The van der Waals surface area contributed by atoms with Crippen LogP contribution in [-0.4, -0.2) is 23.7 Å². The summed E-state index contributed by atoms with van der Waals surface area (Å²) in [6.45, 7) is 0. The highest BCUT2D eigenvalue weighted by Crippen LogP contribution is 2.09. The Kier molecular flexibility index (Phi) is 3.00. The molecule has 0 aromatic heterocycles. The van der Waals surface area contributed by atoms with E-state index in [4.69, 9.17) is 0 Å². The molecule has 4 nitrogen and oxygen atoms in total. The second kappa shape index (κ2) is 4.61. The first-order chi connectivity index (χ1) is 7.77. The van der Waals surface area contributed by atoms with Crippen LogP contribution in [-0.2, 0) is 9.59 Å². The van der Waals surface area contributed by atoms with Gasteiger partial charge in [0, 0.05) is 0 Å². The molecule has 0 aliphatic heterocycles. The summed E-state index contributed by atoms with van der Waals surface area (Å²) < 4.78 is 0. The Labute approximate surface area is 92.8 Å². The summed E-state index contributed by atoms with van der Waals surface area (Å²) in [5, 5.41) is 7.74. The summed E-state index contributed by atoms with van der Waals surface area (Å²) in [6, 6.07) is -1.17. The predicted molar refractivity (Wildman–Crippen MR) is 59.0 cm³/mol. The Hall–Kier alpha value is -2.10. The predicted octanol–water partition coefficient (Wildman–Crippen LogP) is 1.57. The standard InChI is InChI=1S/C12H10N2O2/c15-11-7-3-1-5-9(11)13-14-10-6-2-4-8-12(10)16/h1-10H. The molecule has 0 bridgehead atoms. The fraction of sp³-hybridized carbons (Fsp3) is 0.167. The molecule has 2 atom stereocenters. The van der Waals surface area contributed by atoms with E-state index in [1.807, 2.05) is 0 Å². The molecule has 0 aromatic rings. The minimum atomic E-state index is -0.586. The molecule has 0 N–H and O–H groups in total. The largest absolute Gasteiger partial charge is 0.292 e. The Morgan fingerprint density at radius 1 is 0.750 bits per heavy atom. The number of ketones is 2. The highest BCUT2D eigenvalue weighted by Gasteiger charge is 2.17. The Balaban J connectivity index is 2.04. The van der Waals surface area contributed by atoms with E-state index in [1.54, 1.807) is 36.5 Å². The van der Waals surface area contributed by atoms with Crippen molar-refractivity contribution in [2.75, 3.05) is 0 Å². The third-order valence-corrected chi connectivity index (χ3v) is 2.23. The lowest BCUT2D eigenvalue weighted by atomic mass is 10.1. The molecule has 0 saturated carbocycles. The van der Waals surface area contributed by atoms with Gasteiger partial charge in [-0.25, -0.2) is 0 Å². The van der Waals surface area contributed by atoms with Gasteiger partial charge in [-0.15, -0.1) is 0 Å². The van der Waals surface area contributed by atoms with Crippen molar-refractivity contribution in [3.8, 4) is 0 Å². The van der Waals surface area contributed by atoms with E-state index in [1.165, 1.54) is 12.2 Å². The summed E-state index contributed by atoms with van der Waals surface area (Å²) in [5.74, 6) is -0.233. The zero-order valence-electron chi connectivity index (χ0n) is 8.48. The van der Waals surface area contributed by atoms with E-state index in [-0.39, 0.29) is 11.6 Å². The van der Waals surface area contributed by atoms with Crippen LogP contribution in [0, 0.1) is 0 Å². The topological polar surface area (TPSA) is 58.9 Å². The number of carbonyl (C=O) groups excluding carboxylic acids is 2. The normalized spacial score (nSPS) is 28.2. The zero-order chi connectivity index (χ0) is 11.4. The van der Waals surface area contributed by atoms with E-state index in [2.05, 4.69) is 10.2 Å². The van der Waals surface area contributed by atoms with Crippen molar-refractivity contribution in [1.29, 1.82) is 0 Å². The molecule has 80 valence electrons. The van der Waals surface area contributed by atoms with E-state index in [0.717, 1.165) is 0 Å². The van der Waals surface area contributed by atoms with E-state index >= 15 is 0 Å². The number of rotatable bonds is 2. The molecule has 2 aliphatic rings. The number of azo groups is 1. The number of hydrogen-bond acceptors (Lipinski definition) is 4. The zero-order valence-corrected chi connectivity index (χ0v) is 8.48. The molecule has 0 heterocycles. The fourth-order valence-corrected chi connectivity index (χ4v) is 1.36. The molecule has 4 heteroatoms. The van der Waals surface area contributed by atoms with Gasteiger partial charge in [0.1, 0.15) is 0 Å². The number of carbonyl (C=O) groups is 2. The van der Waals surface area contributed by atoms with Crippen LogP contribution in [0.2, 0.25) is 0 Å². The molecule has 2 rings (SSSR count). The Bertz CT molecular complexity index is 414. The Morgan fingerprint density at radius 2 is 1.19 bits per heavy atom. The van der Waals surface area contributed by atoms with Gasteiger partial charge in [-0.2, -0.15) is 10.2 Å². The third kappa shape index (κ3) is 2.28. The average molecular weight is 214 g/mol. The third-order valence-electron chi connectivity index (χ3n) is 2.23. The second-order valence-corrected chi connectivity index (χ2v) is 3.41. The van der Waals surface area contributed by atoms with Gasteiger partial charge in [0.25, 0.3) is 0 Å². The number of hydrogen-bond donors (Lipinski definition) is 0. The molecule has 0 saturated heterocycles. The number of nitrogens with zero attached hydrogens (tertiary/aromatic N) is 2. The van der Waals surface area contributed by atoms with Crippen molar-refractivity contribution in [2.45, 2.75) is 12.1 Å². The molecular formula is C12H10N2O2. The van der Waals surface area contributed by atoms with Gasteiger partial charge in [0.15, 0.2) is 23.7 Å². The molecule has 0 aromatic carbocycles. The lowest BCUT2D eigenvalue weighted by Crippen LogP contribution is -2.18. The monoisotopic (exact) mass is 214 g/mol. The highest BCUT2D eigenvalue weighted by atomic mass is 16.1. The molecule has 0 amide bonds. The van der Waals surface area contributed by atoms with Crippen molar-refractivity contribution >= 4 is 11.6 Å². The van der Waals surface area contributed by atoms with Crippen LogP contribution in [0.25, 0.3) is 0 Å². The molecule has 0 fully saturated rings. The Morgan fingerprint density at radius 3 is 1.56 bits per heavy atom. The van der Waals surface area contributed by atoms with Crippen LogP contribution >= 0.6 is 0 Å². The van der Waals surface area contributed by atoms with Crippen molar-refractivity contribution in [3.05, 3.63) is 48.6 Å². The van der Waals surface area contributed by atoms with Gasteiger partial charge in [-0.1, -0.05) is 36.5 Å². The van der Waals surface area contributed by atoms with E-state index in [9.17, 15) is 9.59 Å². The maximum absolute atomic E-state index is 11.3. The summed E-state index contributed by atoms with van der Waals surface area (Å²) in [6.07, 6.45) is 13.0. The highest BCUT2D eigenvalue weighted by molar-refractivity contribution is 5.98. The summed E-state index contributed by atoms with van der Waals surface area (Å²) in [7, 11) is 0. The van der Waals surface area contributed by atoms with Crippen LogP contribution < -0.4 is 0 Å². The van der Waals surface area contributed by atoms with Gasteiger partial charge in [-0.05, 0) is 12.2 Å². The van der Waals surface area contributed by atoms with Crippen LogP contribution in [0.3, 0.4) is 0 Å². The van der Waals surface area contributed by atoms with Gasteiger partial charge >= 0.3 is 0 Å². The number of allylic oxidation sites excluding steroid dienone is 4. The first-order valence-corrected chi connectivity index (χ1v) is 4.95. The second-order valence-electron chi connectivity index (χ2n) is 3.41. The maximum Gasteiger partial charge on any atom is 0.185 e. The summed E-state index contributed by atoms with van der Waals surface area (Å²) >= 11 is 0. The fourth-order valence-electron chi connectivity index (χ4n) is 1.36. The lowest BCUT2D eigenvalue weighted by Gasteiger charge is -2.08. The van der Waals surface area contributed by atoms with Gasteiger partial charge in [0.2, 0.25) is 0 Å². The summed E-state index contributed by atoms with van der Waals surface area (Å²) in [5.41, 5.74) is 0. The molecule has 0 spiro atoms. The first kappa shape index (κ1) is 10.4. The van der Waals surface area contributed by atoms with Crippen molar-refractivity contribution < 1.29 is 9.59 Å². The minimum Gasteiger partial charge on any atom is -0.292 e. The van der Waals surface area contributed by atoms with Crippen LogP contribution in [0.4, 0.5) is 0 Å². The lowest BCUT2D eigenvalue weighted by molar-refractivity contribution is -0.116. The molecule has 16 heavy (non-hydrogen) atoms. The quantitative estimate of drug-likeness (QED) is 0.655. The first-order valence-electron chi connectivity index (χ1n) is 4.95. The van der Waals surface area contributed by atoms with E-state index < -0.39 is 12.1 Å². The SMILES string of the molecule is O=C1C=CC=CC1N=NC1C=CC=CC1=O. The van der Waals surface area contributed by atoms with Crippen LogP contribution in [0.1, 0.15) is 0 Å². The van der Waals surface area contributed by atoms with Gasteiger partial charge in [-0.3, -0.25) is 9.59 Å². The van der Waals surface area contributed by atoms with Crippen molar-refractivity contribution in [1.82, 2.24) is 0 Å². The molecule has 2 aliphatic carbocycles. The smallest absolute Gasteiger partial charge is 0.185 e. The van der Waals surface area contributed by atoms with Crippen LogP contribution in [0.5, 0.6) is 0 Å². The summed E-state index contributed by atoms with van der Waals surface area (Å²) in [4.78, 5) is 22.7. The maximum atomic E-state index is 11.3. The molecule has 2 unspecified atom stereocenters. The molecule has 0 radical (unpaired) electrons. The van der Waals surface area contributed by atoms with Crippen LogP contribution in [0.15, 0.2) is 58.8 Å². The van der Waals surface area contributed by atoms with Crippen molar-refractivity contribution in [3.63, 3.8) is 0 Å². The van der Waals surface area contributed by atoms with Gasteiger partial charge < -0.3 is 0 Å².